The smallest absolute Gasteiger partial charge is 0.236 e. The lowest BCUT2D eigenvalue weighted by Crippen LogP contribution is -2.43. The van der Waals surface area contributed by atoms with Crippen LogP contribution in [0.4, 0.5) is 5.69 Å². The average molecular weight is 417 g/mol. The highest BCUT2D eigenvalue weighted by Gasteiger charge is 2.42. The number of nitrogens with one attached hydrogen (secondary N) is 2. The van der Waals surface area contributed by atoms with Gasteiger partial charge in [0, 0.05) is 45.6 Å². The quantitative estimate of drug-likeness (QED) is 0.766. The second-order valence-corrected chi connectivity index (χ2v) is 8.41. The van der Waals surface area contributed by atoms with E-state index in [4.69, 9.17) is 21.9 Å². The first-order chi connectivity index (χ1) is 13.9. The van der Waals surface area contributed by atoms with E-state index in [-0.39, 0.29) is 24.7 Å². The molecule has 2 aliphatic heterocycles. The van der Waals surface area contributed by atoms with Gasteiger partial charge in [0.1, 0.15) is 12.3 Å². The van der Waals surface area contributed by atoms with Crippen LogP contribution >= 0.6 is 11.6 Å². The van der Waals surface area contributed by atoms with Crippen molar-refractivity contribution in [3.8, 4) is 6.07 Å². The van der Waals surface area contributed by atoms with Gasteiger partial charge in [-0.25, -0.2) is 4.99 Å². The number of carbonyl (C=O) groups is 1. The number of rotatable bonds is 4. The Morgan fingerprint density at radius 1 is 1.31 bits per heavy atom. The molecule has 1 aliphatic carbocycles. The molecule has 3 atom stereocenters. The fourth-order valence-corrected chi connectivity index (χ4v) is 4.72. The van der Waals surface area contributed by atoms with Crippen LogP contribution < -0.4 is 10.6 Å². The van der Waals surface area contributed by atoms with Gasteiger partial charge in [-0.05, 0) is 24.7 Å². The highest BCUT2D eigenvalue weighted by molar-refractivity contribution is 6.43. The van der Waals surface area contributed by atoms with E-state index in [1.807, 2.05) is 42.4 Å². The fraction of sp³-hybridized carbons (Fsp3) is 0.579. The molecule has 1 saturated carbocycles. The summed E-state index contributed by atoms with van der Waals surface area (Å²) in [4.78, 5) is 20.5. The molecule has 3 unspecified atom stereocenters. The first kappa shape index (κ1) is 19.6. The predicted octanol–water partition coefficient (Wildman–Crippen LogP) is 1.28. The molecule has 3 aliphatic rings. The summed E-state index contributed by atoms with van der Waals surface area (Å²) in [6.07, 6.45) is 7.16. The number of halogens is 1. The standard InChI is InChI=1S/C19H25ClN8O/c1-26-11-16(20)18(25-19(26)24-15-7-22-27(2)10-15)23-14-5-12-8-28(9-13(12)6-14)17(29)3-4-21/h7,10-14,19,24H,3,5-6,8-9H2,1-2H3,(H,23,25). The Balaban J connectivity index is 1.37. The van der Waals surface area contributed by atoms with Crippen LogP contribution in [0.3, 0.4) is 0 Å². The second-order valence-electron chi connectivity index (χ2n) is 8.01. The summed E-state index contributed by atoms with van der Waals surface area (Å²) in [7, 11) is 3.79. The average Bonchev–Trinajstić information content (AvgIpc) is 3.34. The molecule has 10 heteroatoms. The van der Waals surface area contributed by atoms with Gasteiger partial charge in [0.2, 0.25) is 5.91 Å². The molecule has 9 nitrogen and oxygen atoms in total. The number of hydrogen-bond donors (Lipinski definition) is 2. The van der Waals surface area contributed by atoms with Crippen molar-refractivity contribution in [2.45, 2.75) is 31.6 Å². The molecular weight excluding hydrogens is 392 g/mol. The maximum atomic E-state index is 12.0. The van der Waals surface area contributed by atoms with E-state index in [2.05, 4.69) is 15.7 Å². The van der Waals surface area contributed by atoms with Crippen molar-refractivity contribution in [2.24, 2.45) is 23.9 Å². The number of fused-ring (bicyclic) bond motifs is 1. The molecule has 2 N–H and O–H groups in total. The monoisotopic (exact) mass is 416 g/mol. The zero-order chi connectivity index (χ0) is 20.5. The molecule has 3 heterocycles. The van der Waals surface area contributed by atoms with Gasteiger partial charge in [-0.15, -0.1) is 0 Å². The number of amidine groups is 1. The molecule has 0 spiro atoms. The van der Waals surface area contributed by atoms with Gasteiger partial charge < -0.3 is 20.4 Å². The van der Waals surface area contributed by atoms with Crippen LogP contribution in [0.1, 0.15) is 19.3 Å². The largest absolute Gasteiger partial charge is 0.366 e. The van der Waals surface area contributed by atoms with E-state index in [1.165, 1.54) is 0 Å². The van der Waals surface area contributed by atoms with Gasteiger partial charge in [0.25, 0.3) is 0 Å². The van der Waals surface area contributed by atoms with E-state index in [9.17, 15) is 4.79 Å². The van der Waals surface area contributed by atoms with Crippen molar-refractivity contribution in [3.63, 3.8) is 0 Å². The molecule has 0 bridgehead atoms. The minimum atomic E-state index is -0.274. The van der Waals surface area contributed by atoms with Crippen LogP contribution in [0, 0.1) is 23.2 Å². The highest BCUT2D eigenvalue weighted by Crippen LogP contribution is 2.38. The number of anilines is 1. The Labute approximate surface area is 175 Å². The number of carbonyl (C=O) groups excluding carboxylic acids is 1. The number of nitriles is 1. The zero-order valence-corrected chi connectivity index (χ0v) is 17.3. The minimum absolute atomic E-state index is 0.0306. The zero-order valence-electron chi connectivity index (χ0n) is 16.5. The Bertz CT molecular complexity index is 873. The summed E-state index contributed by atoms with van der Waals surface area (Å²) >= 11 is 6.45. The second kappa shape index (κ2) is 7.95. The van der Waals surface area contributed by atoms with Crippen LogP contribution in [-0.2, 0) is 11.8 Å². The van der Waals surface area contributed by atoms with Crippen molar-refractivity contribution in [1.82, 2.24) is 24.9 Å². The Morgan fingerprint density at radius 3 is 2.66 bits per heavy atom. The van der Waals surface area contributed by atoms with E-state index in [0.29, 0.717) is 22.7 Å². The van der Waals surface area contributed by atoms with E-state index >= 15 is 0 Å². The summed E-state index contributed by atoms with van der Waals surface area (Å²) in [5, 5.41) is 20.3. The molecule has 1 aromatic rings. The minimum Gasteiger partial charge on any atom is -0.366 e. The number of aromatic nitrogens is 2. The maximum absolute atomic E-state index is 12.0. The molecule has 1 amide bonds. The number of aryl methyl sites for hydroxylation is 1. The molecular formula is C19H25ClN8O. The SMILES string of the molecule is CN1C=C(Cl)C(NC2CC3CN(C(=O)CC#N)CC3C2)=NC1Nc1cnn(C)c1. The summed E-state index contributed by atoms with van der Waals surface area (Å²) in [6.45, 7) is 1.49. The Kier molecular flexibility index (Phi) is 5.37. The predicted molar refractivity (Wildman–Crippen MR) is 110 cm³/mol. The number of likely N-dealkylation sites (tertiary alicyclic amines) is 1. The van der Waals surface area contributed by atoms with Crippen molar-refractivity contribution >= 4 is 29.0 Å². The summed E-state index contributed by atoms with van der Waals surface area (Å²) < 4.78 is 1.73. The van der Waals surface area contributed by atoms with Crippen LogP contribution in [0.2, 0.25) is 0 Å². The Hall–Kier alpha value is -2.73. The molecule has 2 fully saturated rings. The molecule has 0 radical (unpaired) electrons. The summed E-state index contributed by atoms with van der Waals surface area (Å²) in [5.74, 6) is 1.57. The number of hydrogen-bond acceptors (Lipinski definition) is 7. The summed E-state index contributed by atoms with van der Waals surface area (Å²) in [5.41, 5.74) is 0.886. The van der Waals surface area contributed by atoms with Crippen molar-refractivity contribution in [1.29, 1.82) is 5.26 Å². The number of amides is 1. The molecule has 0 aromatic carbocycles. The molecule has 154 valence electrons. The molecule has 1 saturated heterocycles. The lowest BCUT2D eigenvalue weighted by Gasteiger charge is -2.30. The van der Waals surface area contributed by atoms with Crippen LogP contribution in [0.5, 0.6) is 0 Å². The van der Waals surface area contributed by atoms with Crippen molar-refractivity contribution in [2.75, 3.05) is 25.5 Å². The lowest BCUT2D eigenvalue weighted by atomic mass is 10.0. The third-order valence-electron chi connectivity index (χ3n) is 5.86. The third kappa shape index (κ3) is 4.17. The van der Waals surface area contributed by atoms with Gasteiger partial charge in [0.05, 0.1) is 23.0 Å². The van der Waals surface area contributed by atoms with Crippen molar-refractivity contribution < 1.29 is 4.79 Å². The molecule has 29 heavy (non-hydrogen) atoms. The van der Waals surface area contributed by atoms with E-state index in [0.717, 1.165) is 31.6 Å². The first-order valence-corrected chi connectivity index (χ1v) is 10.1. The van der Waals surface area contributed by atoms with Crippen LogP contribution in [0.15, 0.2) is 28.6 Å². The normalized spacial score (nSPS) is 28.5. The first-order valence-electron chi connectivity index (χ1n) is 9.77. The fourth-order valence-electron chi connectivity index (χ4n) is 4.46. The van der Waals surface area contributed by atoms with E-state index < -0.39 is 0 Å². The van der Waals surface area contributed by atoms with E-state index in [1.54, 1.807) is 10.9 Å². The van der Waals surface area contributed by atoms with Gasteiger partial charge in [-0.3, -0.25) is 9.48 Å². The Morgan fingerprint density at radius 2 is 2.03 bits per heavy atom. The van der Waals surface area contributed by atoms with Gasteiger partial charge in [-0.2, -0.15) is 10.4 Å². The summed E-state index contributed by atoms with van der Waals surface area (Å²) in [6, 6.07) is 2.23. The van der Waals surface area contributed by atoms with Crippen LogP contribution in [-0.4, -0.2) is 63.8 Å². The van der Waals surface area contributed by atoms with Gasteiger partial charge >= 0.3 is 0 Å². The number of nitrogens with zero attached hydrogens (tertiary/aromatic N) is 6. The maximum Gasteiger partial charge on any atom is 0.236 e. The molecule has 1 aromatic heterocycles. The van der Waals surface area contributed by atoms with Gasteiger partial charge in [-0.1, -0.05) is 11.6 Å². The number of aliphatic imine (C=N–C) groups is 1. The topological polar surface area (TPSA) is 102 Å². The lowest BCUT2D eigenvalue weighted by molar-refractivity contribution is -0.129. The highest BCUT2D eigenvalue weighted by atomic mass is 35.5. The van der Waals surface area contributed by atoms with Gasteiger partial charge in [0.15, 0.2) is 6.29 Å². The van der Waals surface area contributed by atoms with Crippen molar-refractivity contribution in [3.05, 3.63) is 23.6 Å². The van der Waals surface area contributed by atoms with Crippen LogP contribution in [0.25, 0.3) is 0 Å². The molecule has 4 rings (SSSR count). The third-order valence-corrected chi connectivity index (χ3v) is 6.13.